The van der Waals surface area contributed by atoms with Crippen LogP contribution in [0.3, 0.4) is 0 Å². The maximum Gasteiger partial charge on any atom is 0.339 e. The summed E-state index contributed by atoms with van der Waals surface area (Å²) >= 11 is 3.27. The van der Waals surface area contributed by atoms with E-state index >= 15 is 0 Å². The number of anilines is 1. The third kappa shape index (κ3) is 3.36. The van der Waals surface area contributed by atoms with Gasteiger partial charge in [0.05, 0.1) is 5.56 Å². The number of benzene rings is 2. The Hall–Kier alpha value is -1.88. The summed E-state index contributed by atoms with van der Waals surface area (Å²) in [6, 6.07) is 9.27. The molecule has 3 nitrogen and oxygen atoms in total. The van der Waals surface area contributed by atoms with Crippen molar-refractivity contribution >= 4 is 27.6 Å². The van der Waals surface area contributed by atoms with E-state index in [1.165, 1.54) is 18.2 Å². The SMILES string of the molecule is Cc1ccc(F)cc1COC(=O)c1cc(N)ccc1Br. The van der Waals surface area contributed by atoms with E-state index in [0.29, 0.717) is 21.3 Å². The van der Waals surface area contributed by atoms with Crippen molar-refractivity contribution in [1.82, 2.24) is 0 Å². The first-order valence-corrected chi connectivity index (χ1v) is 6.74. The Kier molecular flexibility index (Phi) is 4.39. The van der Waals surface area contributed by atoms with Gasteiger partial charge in [-0.05, 0) is 64.3 Å². The minimum Gasteiger partial charge on any atom is -0.457 e. The second-order valence-corrected chi connectivity index (χ2v) is 5.24. The highest BCUT2D eigenvalue weighted by Crippen LogP contribution is 2.21. The number of aryl methyl sites for hydroxylation is 1. The molecule has 2 N–H and O–H groups in total. The lowest BCUT2D eigenvalue weighted by Gasteiger charge is -2.09. The fourth-order valence-corrected chi connectivity index (χ4v) is 2.12. The van der Waals surface area contributed by atoms with Gasteiger partial charge in [0.1, 0.15) is 12.4 Å². The van der Waals surface area contributed by atoms with Crippen molar-refractivity contribution in [2.45, 2.75) is 13.5 Å². The van der Waals surface area contributed by atoms with Crippen LogP contribution in [0.4, 0.5) is 10.1 Å². The standard InChI is InChI=1S/C15H13BrFNO2/c1-9-2-3-11(17)6-10(9)8-20-15(19)13-7-12(18)4-5-14(13)16/h2-7H,8,18H2,1H3. The topological polar surface area (TPSA) is 52.3 Å². The number of carbonyl (C=O) groups is 1. The highest BCUT2D eigenvalue weighted by atomic mass is 79.9. The Morgan fingerprint density at radius 2 is 2.05 bits per heavy atom. The first-order chi connectivity index (χ1) is 9.47. The predicted octanol–water partition coefficient (Wildman–Crippen LogP) is 3.84. The molecule has 2 rings (SSSR count). The van der Waals surface area contributed by atoms with Crippen molar-refractivity contribution in [1.29, 1.82) is 0 Å². The van der Waals surface area contributed by atoms with E-state index in [1.54, 1.807) is 18.2 Å². The summed E-state index contributed by atoms with van der Waals surface area (Å²) in [6.07, 6.45) is 0. The van der Waals surface area contributed by atoms with E-state index < -0.39 is 5.97 Å². The van der Waals surface area contributed by atoms with Crippen molar-refractivity contribution < 1.29 is 13.9 Å². The molecule has 20 heavy (non-hydrogen) atoms. The Morgan fingerprint density at radius 3 is 2.80 bits per heavy atom. The molecule has 0 aliphatic carbocycles. The second-order valence-electron chi connectivity index (χ2n) is 4.39. The van der Waals surface area contributed by atoms with E-state index in [4.69, 9.17) is 10.5 Å². The summed E-state index contributed by atoms with van der Waals surface area (Å²) < 4.78 is 18.9. The lowest BCUT2D eigenvalue weighted by atomic mass is 10.1. The molecule has 0 atom stereocenters. The van der Waals surface area contributed by atoms with Crippen LogP contribution in [0.2, 0.25) is 0 Å². The number of hydrogen-bond acceptors (Lipinski definition) is 3. The van der Waals surface area contributed by atoms with Gasteiger partial charge in [0.25, 0.3) is 0 Å². The lowest BCUT2D eigenvalue weighted by Crippen LogP contribution is -2.07. The van der Waals surface area contributed by atoms with Crippen molar-refractivity contribution in [3.05, 3.63) is 63.4 Å². The van der Waals surface area contributed by atoms with Gasteiger partial charge < -0.3 is 10.5 Å². The first kappa shape index (κ1) is 14.5. The van der Waals surface area contributed by atoms with Gasteiger partial charge in [-0.15, -0.1) is 0 Å². The van der Waals surface area contributed by atoms with E-state index in [2.05, 4.69) is 15.9 Å². The van der Waals surface area contributed by atoms with Crippen LogP contribution in [0, 0.1) is 12.7 Å². The monoisotopic (exact) mass is 337 g/mol. The number of rotatable bonds is 3. The fraction of sp³-hybridized carbons (Fsp3) is 0.133. The quantitative estimate of drug-likeness (QED) is 0.683. The van der Waals surface area contributed by atoms with E-state index in [1.807, 2.05) is 6.92 Å². The predicted molar refractivity (Wildman–Crippen MR) is 78.8 cm³/mol. The Bertz CT molecular complexity index is 658. The van der Waals surface area contributed by atoms with Gasteiger partial charge in [0.2, 0.25) is 0 Å². The van der Waals surface area contributed by atoms with Gasteiger partial charge in [-0.25, -0.2) is 9.18 Å². The molecule has 0 aliphatic heterocycles. The summed E-state index contributed by atoms with van der Waals surface area (Å²) in [5.74, 6) is -0.861. The average Bonchev–Trinajstić information content (AvgIpc) is 2.42. The Morgan fingerprint density at radius 1 is 1.30 bits per heavy atom. The van der Waals surface area contributed by atoms with Crippen molar-refractivity contribution in [3.8, 4) is 0 Å². The van der Waals surface area contributed by atoms with Gasteiger partial charge in [0, 0.05) is 10.2 Å². The lowest BCUT2D eigenvalue weighted by molar-refractivity contribution is 0.0470. The van der Waals surface area contributed by atoms with Crippen molar-refractivity contribution in [2.75, 3.05) is 5.73 Å². The van der Waals surface area contributed by atoms with Gasteiger partial charge in [0.15, 0.2) is 0 Å². The van der Waals surface area contributed by atoms with Crippen LogP contribution in [-0.2, 0) is 11.3 Å². The van der Waals surface area contributed by atoms with E-state index in [-0.39, 0.29) is 12.4 Å². The average molecular weight is 338 g/mol. The van der Waals surface area contributed by atoms with Gasteiger partial charge in [-0.1, -0.05) is 6.07 Å². The molecule has 0 aromatic heterocycles. The minimum absolute atomic E-state index is 0.0175. The summed E-state index contributed by atoms with van der Waals surface area (Å²) in [5.41, 5.74) is 7.96. The van der Waals surface area contributed by atoms with E-state index in [9.17, 15) is 9.18 Å². The van der Waals surface area contributed by atoms with Crippen LogP contribution < -0.4 is 5.73 Å². The molecule has 104 valence electrons. The highest BCUT2D eigenvalue weighted by molar-refractivity contribution is 9.10. The number of esters is 1. The molecule has 5 heteroatoms. The number of nitrogen functional groups attached to an aromatic ring is 1. The second kappa shape index (κ2) is 6.05. The smallest absolute Gasteiger partial charge is 0.339 e. The zero-order valence-electron chi connectivity index (χ0n) is 10.8. The molecule has 2 aromatic carbocycles. The Balaban J connectivity index is 2.12. The molecule has 0 saturated heterocycles. The van der Waals surface area contributed by atoms with Gasteiger partial charge >= 0.3 is 5.97 Å². The molecular formula is C15H13BrFNO2. The van der Waals surface area contributed by atoms with Crippen LogP contribution in [-0.4, -0.2) is 5.97 Å². The molecule has 0 heterocycles. The maximum atomic E-state index is 13.1. The fourth-order valence-electron chi connectivity index (χ4n) is 1.72. The van der Waals surface area contributed by atoms with Crippen molar-refractivity contribution in [2.24, 2.45) is 0 Å². The third-order valence-electron chi connectivity index (χ3n) is 2.88. The van der Waals surface area contributed by atoms with Gasteiger partial charge in [-0.2, -0.15) is 0 Å². The molecular weight excluding hydrogens is 325 g/mol. The van der Waals surface area contributed by atoms with Gasteiger partial charge in [-0.3, -0.25) is 0 Å². The molecule has 0 fully saturated rings. The summed E-state index contributed by atoms with van der Waals surface area (Å²) in [5, 5.41) is 0. The number of hydrogen-bond donors (Lipinski definition) is 1. The molecule has 2 aromatic rings. The van der Waals surface area contributed by atoms with E-state index in [0.717, 1.165) is 5.56 Å². The summed E-state index contributed by atoms with van der Waals surface area (Å²) in [7, 11) is 0. The molecule has 0 saturated carbocycles. The van der Waals surface area contributed by atoms with Crippen LogP contribution in [0.1, 0.15) is 21.5 Å². The maximum absolute atomic E-state index is 13.1. The van der Waals surface area contributed by atoms with Crippen molar-refractivity contribution in [3.63, 3.8) is 0 Å². The molecule has 0 bridgehead atoms. The molecule has 0 unspecified atom stereocenters. The normalized spacial score (nSPS) is 10.3. The van der Waals surface area contributed by atoms with Crippen LogP contribution in [0.25, 0.3) is 0 Å². The Labute approximate surface area is 124 Å². The first-order valence-electron chi connectivity index (χ1n) is 5.94. The summed E-state index contributed by atoms with van der Waals surface area (Å²) in [4.78, 5) is 12.0. The third-order valence-corrected chi connectivity index (χ3v) is 3.57. The zero-order valence-corrected chi connectivity index (χ0v) is 12.4. The highest BCUT2D eigenvalue weighted by Gasteiger charge is 2.13. The number of carbonyl (C=O) groups excluding carboxylic acids is 1. The molecule has 0 spiro atoms. The van der Waals surface area contributed by atoms with Crippen LogP contribution in [0.5, 0.6) is 0 Å². The molecule has 0 aliphatic rings. The molecule has 0 amide bonds. The van der Waals surface area contributed by atoms with Crippen LogP contribution in [0.15, 0.2) is 40.9 Å². The number of ether oxygens (including phenoxy) is 1. The van der Waals surface area contributed by atoms with Crippen LogP contribution >= 0.6 is 15.9 Å². The minimum atomic E-state index is -0.507. The largest absolute Gasteiger partial charge is 0.457 e. The number of nitrogens with two attached hydrogens (primary N) is 1. The zero-order chi connectivity index (χ0) is 14.7. The number of halogens is 2. The molecule has 0 radical (unpaired) electrons. The summed E-state index contributed by atoms with van der Waals surface area (Å²) in [6.45, 7) is 1.85.